The third-order valence-corrected chi connectivity index (χ3v) is 5.09. The summed E-state index contributed by atoms with van der Waals surface area (Å²) in [4.78, 5) is 11.3. The summed E-state index contributed by atoms with van der Waals surface area (Å²) < 4.78 is 6.15. The minimum absolute atomic E-state index is 0.0236. The summed E-state index contributed by atoms with van der Waals surface area (Å²) in [6.45, 7) is 4.11. The van der Waals surface area contributed by atoms with Crippen LogP contribution >= 0.6 is 0 Å². The Morgan fingerprint density at radius 2 is 1.91 bits per heavy atom. The highest BCUT2D eigenvalue weighted by Crippen LogP contribution is 2.46. The first-order valence-electron chi connectivity index (χ1n) is 8.38. The number of ether oxygens (including phenoxy) is 1. The second-order valence-electron chi connectivity index (χ2n) is 6.77. The summed E-state index contributed by atoms with van der Waals surface area (Å²) in [5.41, 5.74) is 1.55. The monoisotopic (exact) mass is 299 g/mol. The van der Waals surface area contributed by atoms with Gasteiger partial charge in [0.05, 0.1) is 17.2 Å². The zero-order chi connectivity index (χ0) is 15.6. The van der Waals surface area contributed by atoms with Gasteiger partial charge in [-0.15, -0.1) is 0 Å². The van der Waals surface area contributed by atoms with Gasteiger partial charge in [0.2, 0.25) is 0 Å². The molecule has 0 heterocycles. The largest absolute Gasteiger partial charge is 0.363 e. The van der Waals surface area contributed by atoms with Crippen molar-refractivity contribution in [3.05, 3.63) is 41.5 Å². The van der Waals surface area contributed by atoms with Gasteiger partial charge >= 0.3 is 0 Å². The van der Waals surface area contributed by atoms with Crippen molar-refractivity contribution >= 4 is 5.94 Å². The molecular formula is C19H25NO2. The SMILES string of the molecule is CC(OC1C(=C=O)C1(C)NC1CCCCC1)c1ccccc1. The van der Waals surface area contributed by atoms with Crippen LogP contribution in [0, 0.1) is 0 Å². The Bertz CT molecular complexity index is 558. The Labute approximate surface area is 132 Å². The van der Waals surface area contributed by atoms with Crippen LogP contribution in [0.2, 0.25) is 0 Å². The van der Waals surface area contributed by atoms with E-state index < -0.39 is 0 Å². The molecule has 0 radical (unpaired) electrons. The summed E-state index contributed by atoms with van der Waals surface area (Å²) in [5.74, 6) is 2.11. The summed E-state index contributed by atoms with van der Waals surface area (Å²) >= 11 is 0. The average Bonchev–Trinajstić information content (AvgIpc) is 3.11. The van der Waals surface area contributed by atoms with E-state index in [-0.39, 0.29) is 17.7 Å². The Hall–Kier alpha value is -1.41. The lowest BCUT2D eigenvalue weighted by molar-refractivity contribution is 0.0390. The second-order valence-corrected chi connectivity index (χ2v) is 6.77. The van der Waals surface area contributed by atoms with Crippen molar-refractivity contribution in [1.82, 2.24) is 5.32 Å². The molecule has 2 fully saturated rings. The number of hydrogen-bond acceptors (Lipinski definition) is 3. The van der Waals surface area contributed by atoms with Crippen molar-refractivity contribution in [1.29, 1.82) is 0 Å². The number of hydrogen-bond donors (Lipinski definition) is 1. The van der Waals surface area contributed by atoms with E-state index in [2.05, 4.69) is 30.3 Å². The molecule has 1 aromatic rings. The fourth-order valence-electron chi connectivity index (χ4n) is 3.60. The first-order chi connectivity index (χ1) is 10.6. The molecule has 22 heavy (non-hydrogen) atoms. The fourth-order valence-corrected chi connectivity index (χ4v) is 3.60. The Kier molecular flexibility index (Phi) is 4.49. The topological polar surface area (TPSA) is 38.3 Å². The summed E-state index contributed by atoms with van der Waals surface area (Å²) in [7, 11) is 0. The molecule has 0 aliphatic heterocycles. The molecule has 2 aliphatic carbocycles. The zero-order valence-corrected chi connectivity index (χ0v) is 13.5. The van der Waals surface area contributed by atoms with Crippen molar-refractivity contribution in [2.24, 2.45) is 0 Å². The normalized spacial score (nSPS) is 29.9. The van der Waals surface area contributed by atoms with Crippen molar-refractivity contribution < 1.29 is 9.53 Å². The summed E-state index contributed by atoms with van der Waals surface area (Å²) in [5, 5.41) is 3.65. The van der Waals surface area contributed by atoms with Crippen LogP contribution in [0.1, 0.15) is 57.6 Å². The smallest absolute Gasteiger partial charge is 0.128 e. The molecule has 0 aromatic heterocycles. The van der Waals surface area contributed by atoms with Crippen LogP contribution in [-0.4, -0.2) is 23.6 Å². The number of rotatable bonds is 5. The van der Waals surface area contributed by atoms with Crippen LogP contribution in [-0.2, 0) is 9.53 Å². The quantitative estimate of drug-likeness (QED) is 0.845. The van der Waals surface area contributed by atoms with Gasteiger partial charge in [0, 0.05) is 6.04 Å². The van der Waals surface area contributed by atoms with E-state index in [0.29, 0.717) is 6.04 Å². The molecule has 3 heteroatoms. The summed E-state index contributed by atoms with van der Waals surface area (Å²) in [6.07, 6.45) is 6.10. The van der Waals surface area contributed by atoms with E-state index in [1.165, 1.54) is 32.1 Å². The molecule has 1 aromatic carbocycles. The molecule has 1 N–H and O–H groups in total. The summed E-state index contributed by atoms with van der Waals surface area (Å²) in [6, 6.07) is 10.6. The van der Waals surface area contributed by atoms with Gasteiger partial charge in [-0.3, -0.25) is 0 Å². The fraction of sp³-hybridized carbons (Fsp3) is 0.579. The average molecular weight is 299 g/mol. The third kappa shape index (κ3) is 3.03. The molecule has 2 aliphatic rings. The highest BCUT2D eigenvalue weighted by molar-refractivity contribution is 5.70. The van der Waals surface area contributed by atoms with Gasteiger partial charge in [-0.25, -0.2) is 4.79 Å². The predicted molar refractivity (Wildman–Crippen MR) is 87.4 cm³/mol. The highest BCUT2D eigenvalue weighted by Gasteiger charge is 2.60. The molecule has 0 spiro atoms. The van der Waals surface area contributed by atoms with E-state index in [4.69, 9.17) is 4.74 Å². The number of carbonyl (C=O) groups excluding carboxylic acids is 1. The molecule has 3 atom stereocenters. The molecule has 2 saturated carbocycles. The minimum atomic E-state index is -0.327. The van der Waals surface area contributed by atoms with Gasteiger partial charge in [0.15, 0.2) is 0 Å². The maximum Gasteiger partial charge on any atom is 0.128 e. The molecule has 3 unspecified atom stereocenters. The molecule has 0 amide bonds. The lowest BCUT2D eigenvalue weighted by Gasteiger charge is -2.27. The van der Waals surface area contributed by atoms with E-state index >= 15 is 0 Å². The van der Waals surface area contributed by atoms with E-state index in [1.54, 1.807) is 0 Å². The Morgan fingerprint density at radius 1 is 1.23 bits per heavy atom. The van der Waals surface area contributed by atoms with E-state index in [0.717, 1.165) is 11.1 Å². The van der Waals surface area contributed by atoms with Crippen LogP contribution in [0.25, 0.3) is 0 Å². The molecule has 3 nitrogen and oxygen atoms in total. The lowest BCUT2D eigenvalue weighted by Crippen LogP contribution is -2.42. The van der Waals surface area contributed by atoms with E-state index in [1.807, 2.05) is 25.1 Å². The van der Waals surface area contributed by atoms with Crippen LogP contribution in [0.4, 0.5) is 0 Å². The van der Waals surface area contributed by atoms with Gasteiger partial charge in [0.25, 0.3) is 0 Å². The van der Waals surface area contributed by atoms with Crippen molar-refractivity contribution in [3.63, 3.8) is 0 Å². The van der Waals surface area contributed by atoms with Crippen molar-refractivity contribution in [3.8, 4) is 0 Å². The molecular weight excluding hydrogens is 274 g/mol. The first kappa shape index (κ1) is 15.5. The van der Waals surface area contributed by atoms with Crippen molar-refractivity contribution in [2.45, 2.75) is 69.7 Å². The maximum absolute atomic E-state index is 11.3. The first-order valence-corrected chi connectivity index (χ1v) is 8.38. The van der Waals surface area contributed by atoms with E-state index in [9.17, 15) is 4.79 Å². The third-order valence-electron chi connectivity index (χ3n) is 5.09. The standard InChI is InChI=1S/C19H25NO2/c1-14(15-9-5-3-6-10-15)22-18-17(13-21)19(18,2)20-16-11-7-4-8-12-16/h3,5-6,9-10,14,16,18,20H,4,7-8,11-12H2,1-2H3. The van der Waals surface area contributed by atoms with Gasteiger partial charge in [-0.2, -0.15) is 0 Å². The molecule has 0 bridgehead atoms. The molecule has 118 valence electrons. The van der Waals surface area contributed by atoms with Crippen molar-refractivity contribution in [2.75, 3.05) is 0 Å². The second kappa shape index (κ2) is 6.37. The molecule has 3 rings (SSSR count). The van der Waals surface area contributed by atoms with Gasteiger partial charge in [-0.1, -0.05) is 49.6 Å². The van der Waals surface area contributed by atoms with Gasteiger partial charge in [-0.05, 0) is 32.3 Å². The maximum atomic E-state index is 11.3. The van der Waals surface area contributed by atoms with Gasteiger partial charge in [0.1, 0.15) is 12.0 Å². The van der Waals surface area contributed by atoms with Crippen LogP contribution in [0.3, 0.4) is 0 Å². The lowest BCUT2D eigenvalue weighted by atomic mass is 9.94. The predicted octanol–water partition coefficient (Wildman–Crippen LogP) is 3.59. The van der Waals surface area contributed by atoms with Gasteiger partial charge < -0.3 is 10.1 Å². The zero-order valence-electron chi connectivity index (χ0n) is 13.5. The highest BCUT2D eigenvalue weighted by atomic mass is 16.5. The molecule has 0 saturated heterocycles. The number of benzene rings is 1. The van der Waals surface area contributed by atoms with Crippen LogP contribution < -0.4 is 5.32 Å². The Morgan fingerprint density at radius 3 is 2.55 bits per heavy atom. The number of nitrogens with one attached hydrogen (secondary N) is 1. The Balaban J connectivity index is 1.64. The minimum Gasteiger partial charge on any atom is -0.363 e. The van der Waals surface area contributed by atoms with Crippen LogP contribution in [0.5, 0.6) is 0 Å². The van der Waals surface area contributed by atoms with Crippen LogP contribution in [0.15, 0.2) is 35.9 Å².